The van der Waals surface area contributed by atoms with Gasteiger partial charge in [0.1, 0.15) is 0 Å². The number of halogens is 2. The van der Waals surface area contributed by atoms with Gasteiger partial charge < -0.3 is 5.32 Å². The molecule has 28 heavy (non-hydrogen) atoms. The molecule has 0 spiro atoms. The summed E-state index contributed by atoms with van der Waals surface area (Å²) in [6.45, 7) is -0.524. The molecular weight excluding hydrogens is 449 g/mol. The van der Waals surface area contributed by atoms with Crippen LogP contribution in [0.3, 0.4) is 0 Å². The van der Waals surface area contributed by atoms with E-state index in [0.29, 0.717) is 16.3 Å². The minimum Gasteiger partial charge on any atom is -0.325 e. The second-order valence-corrected chi connectivity index (χ2v) is 10.3. The summed E-state index contributed by atoms with van der Waals surface area (Å²) in [6, 6.07) is 9.82. The van der Waals surface area contributed by atoms with Crippen LogP contribution in [0.15, 0.2) is 47.4 Å². The number of rotatable bonds is 7. The zero-order chi connectivity index (χ0) is 21.1. The molecular formula is C16H17Cl2N3O5S2. The molecule has 0 aliphatic rings. The normalized spacial score (nSPS) is 12.2. The summed E-state index contributed by atoms with van der Waals surface area (Å²) >= 11 is 11.8. The maximum atomic E-state index is 12.3. The van der Waals surface area contributed by atoms with Gasteiger partial charge in [-0.1, -0.05) is 29.3 Å². The number of anilines is 1. The Bertz CT molecular complexity index is 1090. The number of sulfonamides is 2. The van der Waals surface area contributed by atoms with E-state index >= 15 is 0 Å². The van der Waals surface area contributed by atoms with Crippen molar-refractivity contribution in [3.05, 3.63) is 58.1 Å². The van der Waals surface area contributed by atoms with Gasteiger partial charge in [-0.3, -0.25) is 4.79 Å². The number of primary sulfonamides is 1. The number of benzene rings is 2. The van der Waals surface area contributed by atoms with Crippen molar-refractivity contribution in [2.45, 2.75) is 11.4 Å². The first-order valence-electron chi connectivity index (χ1n) is 7.68. The fourth-order valence-corrected chi connectivity index (χ4v) is 3.79. The molecule has 0 unspecified atom stereocenters. The maximum Gasteiger partial charge on any atom is 0.239 e. The molecule has 152 valence electrons. The van der Waals surface area contributed by atoms with Gasteiger partial charge in [-0.25, -0.2) is 22.0 Å². The lowest BCUT2D eigenvalue weighted by Gasteiger charge is -2.20. The summed E-state index contributed by atoms with van der Waals surface area (Å²) in [6.07, 6.45) is 0.985. The Morgan fingerprint density at radius 2 is 1.64 bits per heavy atom. The van der Waals surface area contributed by atoms with Gasteiger partial charge >= 0.3 is 0 Å². The van der Waals surface area contributed by atoms with Crippen LogP contribution in [-0.4, -0.2) is 39.8 Å². The summed E-state index contributed by atoms with van der Waals surface area (Å²) in [7, 11) is -7.55. The molecule has 3 N–H and O–H groups in total. The minimum absolute atomic E-state index is 0.0759. The second kappa shape index (κ2) is 8.76. The summed E-state index contributed by atoms with van der Waals surface area (Å²) in [5.74, 6) is -0.603. The lowest BCUT2D eigenvalue weighted by molar-refractivity contribution is -0.116. The predicted molar refractivity (Wildman–Crippen MR) is 108 cm³/mol. The van der Waals surface area contributed by atoms with Gasteiger partial charge in [0.15, 0.2) is 0 Å². The molecule has 1 amide bonds. The quantitative estimate of drug-likeness (QED) is 0.646. The summed E-state index contributed by atoms with van der Waals surface area (Å²) in [5.41, 5.74) is 0.852. The number of amides is 1. The van der Waals surface area contributed by atoms with Gasteiger partial charge in [-0.2, -0.15) is 4.31 Å². The zero-order valence-corrected chi connectivity index (χ0v) is 17.7. The Morgan fingerprint density at radius 3 is 2.14 bits per heavy atom. The standard InChI is InChI=1S/C16H17Cl2N3O5S2/c1-27(23,24)21(9-11-2-7-14(17)15(18)8-11)10-16(22)20-12-3-5-13(6-4-12)28(19,25)26/h2-8H,9-10H2,1H3,(H,20,22)(H2,19,25,26). The lowest BCUT2D eigenvalue weighted by Crippen LogP contribution is -2.36. The van der Waals surface area contributed by atoms with Crippen molar-refractivity contribution in [2.24, 2.45) is 5.14 Å². The average Bonchev–Trinajstić information content (AvgIpc) is 2.56. The van der Waals surface area contributed by atoms with E-state index in [4.69, 9.17) is 28.3 Å². The summed E-state index contributed by atoms with van der Waals surface area (Å²) in [4.78, 5) is 12.1. The number of hydrogen-bond acceptors (Lipinski definition) is 5. The van der Waals surface area contributed by atoms with E-state index in [9.17, 15) is 21.6 Å². The molecule has 0 aromatic heterocycles. The Labute approximate surface area is 173 Å². The van der Waals surface area contributed by atoms with Gasteiger partial charge in [0.05, 0.1) is 27.7 Å². The Kier molecular flexibility index (Phi) is 7.07. The Morgan fingerprint density at radius 1 is 1.04 bits per heavy atom. The van der Waals surface area contributed by atoms with Gasteiger partial charge in [0.2, 0.25) is 26.0 Å². The summed E-state index contributed by atoms with van der Waals surface area (Å²) < 4.78 is 47.5. The van der Waals surface area contributed by atoms with Crippen LogP contribution >= 0.6 is 23.2 Å². The fraction of sp³-hybridized carbons (Fsp3) is 0.188. The first-order valence-corrected chi connectivity index (χ1v) is 11.8. The van der Waals surface area contributed by atoms with Crippen molar-refractivity contribution >= 4 is 54.8 Å². The number of carbonyl (C=O) groups excluding carboxylic acids is 1. The molecule has 0 heterocycles. The SMILES string of the molecule is CS(=O)(=O)N(CC(=O)Nc1ccc(S(N)(=O)=O)cc1)Cc1ccc(Cl)c(Cl)c1. The van der Waals surface area contributed by atoms with Crippen LogP contribution in [0.1, 0.15) is 5.56 Å². The molecule has 0 aliphatic carbocycles. The summed E-state index contributed by atoms with van der Waals surface area (Å²) in [5, 5.41) is 8.11. The minimum atomic E-state index is -3.85. The van der Waals surface area contributed by atoms with Crippen molar-refractivity contribution in [3.8, 4) is 0 Å². The molecule has 0 saturated carbocycles. The van der Waals surface area contributed by atoms with Crippen LogP contribution in [0, 0.1) is 0 Å². The highest BCUT2D eigenvalue weighted by atomic mass is 35.5. The topological polar surface area (TPSA) is 127 Å². The molecule has 0 atom stereocenters. The van der Waals surface area contributed by atoms with E-state index in [2.05, 4.69) is 5.32 Å². The van der Waals surface area contributed by atoms with Gasteiger partial charge in [0.25, 0.3) is 0 Å². The molecule has 0 bridgehead atoms. The van der Waals surface area contributed by atoms with Crippen molar-refractivity contribution in [2.75, 3.05) is 18.1 Å². The van der Waals surface area contributed by atoms with E-state index in [0.717, 1.165) is 10.6 Å². The zero-order valence-electron chi connectivity index (χ0n) is 14.6. The monoisotopic (exact) mass is 465 g/mol. The molecule has 0 saturated heterocycles. The lowest BCUT2D eigenvalue weighted by atomic mass is 10.2. The number of nitrogens with zero attached hydrogens (tertiary/aromatic N) is 1. The van der Waals surface area contributed by atoms with Crippen molar-refractivity contribution in [1.82, 2.24) is 4.31 Å². The van der Waals surface area contributed by atoms with Gasteiger partial charge in [-0.05, 0) is 42.0 Å². The fourth-order valence-electron chi connectivity index (χ4n) is 2.22. The largest absolute Gasteiger partial charge is 0.325 e. The molecule has 2 rings (SSSR count). The van der Waals surface area contributed by atoms with E-state index in [-0.39, 0.29) is 16.5 Å². The first kappa shape index (κ1) is 22.6. The second-order valence-electron chi connectivity index (χ2n) is 5.90. The molecule has 8 nitrogen and oxygen atoms in total. The van der Waals surface area contributed by atoms with Crippen molar-refractivity contribution in [1.29, 1.82) is 0 Å². The predicted octanol–water partition coefficient (Wildman–Crippen LogP) is 2.04. The number of nitrogens with one attached hydrogen (secondary N) is 1. The first-order chi connectivity index (χ1) is 12.9. The van der Waals surface area contributed by atoms with Crippen LogP contribution in [0.4, 0.5) is 5.69 Å². The van der Waals surface area contributed by atoms with E-state index in [1.165, 1.54) is 36.4 Å². The van der Waals surface area contributed by atoms with Gasteiger partial charge in [0, 0.05) is 12.2 Å². The average molecular weight is 466 g/mol. The Balaban J connectivity index is 2.11. The van der Waals surface area contributed by atoms with Crippen LogP contribution in [0.5, 0.6) is 0 Å². The van der Waals surface area contributed by atoms with E-state index in [1.807, 2.05) is 0 Å². The van der Waals surface area contributed by atoms with Crippen LogP contribution in [0.25, 0.3) is 0 Å². The van der Waals surface area contributed by atoms with E-state index in [1.54, 1.807) is 6.07 Å². The third-order valence-corrected chi connectivity index (χ3v) is 6.46. The number of carbonyl (C=O) groups is 1. The van der Waals surface area contributed by atoms with Crippen LogP contribution < -0.4 is 10.5 Å². The molecule has 0 aliphatic heterocycles. The smallest absolute Gasteiger partial charge is 0.239 e. The van der Waals surface area contributed by atoms with Crippen LogP contribution in [-0.2, 0) is 31.4 Å². The number of hydrogen-bond donors (Lipinski definition) is 2. The highest BCUT2D eigenvalue weighted by Crippen LogP contribution is 2.23. The molecule has 2 aromatic rings. The van der Waals surface area contributed by atoms with Gasteiger partial charge in [-0.15, -0.1) is 0 Å². The Hall–Kier alpha value is -1.69. The molecule has 12 heteroatoms. The van der Waals surface area contributed by atoms with Crippen molar-refractivity contribution in [3.63, 3.8) is 0 Å². The third kappa shape index (κ3) is 6.43. The third-order valence-electron chi connectivity index (χ3n) is 3.60. The molecule has 0 radical (unpaired) electrons. The highest BCUT2D eigenvalue weighted by Gasteiger charge is 2.21. The highest BCUT2D eigenvalue weighted by molar-refractivity contribution is 7.89. The molecule has 0 fully saturated rings. The maximum absolute atomic E-state index is 12.3. The molecule has 2 aromatic carbocycles. The number of nitrogens with two attached hydrogens (primary N) is 1. The van der Waals surface area contributed by atoms with E-state index < -0.39 is 32.5 Å². The van der Waals surface area contributed by atoms with Crippen molar-refractivity contribution < 1.29 is 21.6 Å². The van der Waals surface area contributed by atoms with Crippen LogP contribution in [0.2, 0.25) is 10.0 Å².